The van der Waals surface area contributed by atoms with Crippen molar-refractivity contribution in [2.24, 2.45) is 13.0 Å². The number of hydrogen-bond donors (Lipinski definition) is 0. The maximum absolute atomic E-state index is 12.4. The molecule has 1 fully saturated rings. The van der Waals surface area contributed by atoms with E-state index in [9.17, 15) is 4.79 Å². The lowest BCUT2D eigenvalue weighted by molar-refractivity contribution is 0.0738. The van der Waals surface area contributed by atoms with Gasteiger partial charge in [-0.1, -0.05) is 22.9 Å². The summed E-state index contributed by atoms with van der Waals surface area (Å²) in [5.74, 6) is 0.680. The first-order chi connectivity index (χ1) is 8.04. The molecular formula is C12H18BrN3O. The summed E-state index contributed by atoms with van der Waals surface area (Å²) in [5, 5.41) is 5.08. The van der Waals surface area contributed by atoms with Crippen molar-refractivity contribution < 1.29 is 4.79 Å². The van der Waals surface area contributed by atoms with E-state index in [-0.39, 0.29) is 5.91 Å². The highest BCUT2D eigenvalue weighted by Crippen LogP contribution is 2.27. The SMILES string of the molecule is Cc1nn(C)cc1C(=O)N1CCC(C)C1CBr. The van der Waals surface area contributed by atoms with Crippen LogP contribution in [0, 0.1) is 12.8 Å². The number of aromatic nitrogens is 2. The van der Waals surface area contributed by atoms with Gasteiger partial charge in [0.1, 0.15) is 0 Å². The molecule has 1 amide bonds. The monoisotopic (exact) mass is 299 g/mol. The molecule has 1 aliphatic heterocycles. The predicted molar refractivity (Wildman–Crippen MR) is 70.3 cm³/mol. The molecule has 0 radical (unpaired) electrons. The molecule has 94 valence electrons. The van der Waals surface area contributed by atoms with Gasteiger partial charge in [0.05, 0.1) is 11.3 Å². The number of hydrogen-bond acceptors (Lipinski definition) is 2. The van der Waals surface area contributed by atoms with Gasteiger partial charge in [-0.25, -0.2) is 0 Å². The summed E-state index contributed by atoms with van der Waals surface area (Å²) < 4.78 is 1.70. The molecule has 2 unspecified atom stereocenters. The fraction of sp³-hybridized carbons (Fsp3) is 0.667. The second-order valence-corrected chi connectivity index (χ2v) is 5.44. The Labute approximate surface area is 110 Å². The zero-order valence-electron chi connectivity index (χ0n) is 10.5. The fourth-order valence-corrected chi connectivity index (χ4v) is 3.45. The third kappa shape index (κ3) is 2.25. The molecule has 0 saturated carbocycles. The molecule has 17 heavy (non-hydrogen) atoms. The van der Waals surface area contributed by atoms with Crippen LogP contribution in [-0.2, 0) is 7.05 Å². The van der Waals surface area contributed by atoms with Crippen molar-refractivity contribution in [2.75, 3.05) is 11.9 Å². The third-order valence-corrected chi connectivity index (χ3v) is 4.21. The Morgan fingerprint density at radius 3 is 2.88 bits per heavy atom. The van der Waals surface area contributed by atoms with Crippen LogP contribution in [0.3, 0.4) is 0 Å². The molecule has 2 rings (SSSR count). The fourth-order valence-electron chi connectivity index (χ4n) is 2.46. The Morgan fingerprint density at radius 2 is 2.35 bits per heavy atom. The Kier molecular flexibility index (Phi) is 3.56. The van der Waals surface area contributed by atoms with Crippen LogP contribution in [0.2, 0.25) is 0 Å². The van der Waals surface area contributed by atoms with Gasteiger partial charge in [0.2, 0.25) is 0 Å². The van der Waals surface area contributed by atoms with Crippen molar-refractivity contribution in [3.63, 3.8) is 0 Å². The first kappa shape index (κ1) is 12.6. The van der Waals surface area contributed by atoms with Gasteiger partial charge in [-0.05, 0) is 19.3 Å². The molecule has 1 aromatic rings. The summed E-state index contributed by atoms with van der Waals surface area (Å²) >= 11 is 3.51. The van der Waals surface area contributed by atoms with Gasteiger partial charge in [0.25, 0.3) is 5.91 Å². The van der Waals surface area contributed by atoms with Gasteiger partial charge >= 0.3 is 0 Å². The number of halogens is 1. The highest BCUT2D eigenvalue weighted by Gasteiger charge is 2.34. The normalized spacial score (nSPS) is 24.4. The number of carbonyl (C=O) groups excluding carboxylic acids is 1. The largest absolute Gasteiger partial charge is 0.334 e. The van der Waals surface area contributed by atoms with Gasteiger partial charge in [-0.2, -0.15) is 5.10 Å². The van der Waals surface area contributed by atoms with E-state index in [1.807, 2.05) is 25.1 Å². The van der Waals surface area contributed by atoms with Crippen LogP contribution in [0.1, 0.15) is 29.4 Å². The number of aryl methyl sites for hydroxylation is 2. The number of amides is 1. The lowest BCUT2D eigenvalue weighted by Gasteiger charge is -2.25. The summed E-state index contributed by atoms with van der Waals surface area (Å²) in [4.78, 5) is 14.4. The first-order valence-corrected chi connectivity index (χ1v) is 7.04. The highest BCUT2D eigenvalue weighted by molar-refractivity contribution is 9.09. The summed E-state index contributed by atoms with van der Waals surface area (Å²) in [6.45, 7) is 4.94. The Balaban J connectivity index is 2.23. The van der Waals surface area contributed by atoms with E-state index in [2.05, 4.69) is 28.0 Å². The second kappa shape index (κ2) is 4.80. The van der Waals surface area contributed by atoms with Crippen LogP contribution in [0.4, 0.5) is 0 Å². The third-order valence-electron chi connectivity index (χ3n) is 3.55. The minimum absolute atomic E-state index is 0.115. The van der Waals surface area contributed by atoms with Crippen molar-refractivity contribution in [3.05, 3.63) is 17.5 Å². The van der Waals surface area contributed by atoms with Gasteiger partial charge in [-0.15, -0.1) is 0 Å². The molecule has 0 bridgehead atoms. The van der Waals surface area contributed by atoms with Crippen molar-refractivity contribution in [2.45, 2.75) is 26.3 Å². The lowest BCUT2D eigenvalue weighted by atomic mass is 10.0. The number of alkyl halides is 1. The molecule has 1 aromatic heterocycles. The van der Waals surface area contributed by atoms with Gasteiger partial charge in [0, 0.05) is 31.2 Å². The van der Waals surface area contributed by atoms with Crippen LogP contribution in [0.5, 0.6) is 0 Å². The zero-order valence-corrected chi connectivity index (χ0v) is 12.1. The quantitative estimate of drug-likeness (QED) is 0.783. The van der Waals surface area contributed by atoms with Gasteiger partial charge < -0.3 is 4.90 Å². The lowest BCUT2D eigenvalue weighted by Crippen LogP contribution is -2.38. The number of nitrogens with zero attached hydrogens (tertiary/aromatic N) is 3. The maximum Gasteiger partial charge on any atom is 0.257 e. The summed E-state index contributed by atoms with van der Waals surface area (Å²) in [7, 11) is 1.85. The summed E-state index contributed by atoms with van der Waals surface area (Å²) in [6, 6.07) is 0.308. The average Bonchev–Trinajstić information content (AvgIpc) is 2.80. The van der Waals surface area contributed by atoms with Crippen molar-refractivity contribution in [3.8, 4) is 0 Å². The van der Waals surface area contributed by atoms with Crippen LogP contribution in [0.15, 0.2) is 6.20 Å². The van der Waals surface area contributed by atoms with Gasteiger partial charge in [-0.3, -0.25) is 9.48 Å². The minimum atomic E-state index is 0.115. The molecule has 2 heterocycles. The molecule has 1 saturated heterocycles. The average molecular weight is 300 g/mol. The Morgan fingerprint density at radius 1 is 1.65 bits per heavy atom. The Bertz CT molecular complexity index is 429. The van der Waals surface area contributed by atoms with E-state index in [1.54, 1.807) is 4.68 Å². The number of carbonyl (C=O) groups is 1. The molecule has 0 N–H and O–H groups in total. The standard InChI is InChI=1S/C12H18BrN3O/c1-8-4-5-16(11(8)6-13)12(17)10-7-15(3)14-9(10)2/h7-8,11H,4-6H2,1-3H3. The zero-order chi connectivity index (χ0) is 12.6. The molecule has 4 nitrogen and oxygen atoms in total. The molecule has 0 aliphatic carbocycles. The number of rotatable bonds is 2. The van der Waals surface area contributed by atoms with Crippen LogP contribution in [0.25, 0.3) is 0 Å². The Hall–Kier alpha value is -0.840. The van der Waals surface area contributed by atoms with E-state index in [0.29, 0.717) is 12.0 Å². The van der Waals surface area contributed by atoms with E-state index < -0.39 is 0 Å². The van der Waals surface area contributed by atoms with Crippen molar-refractivity contribution >= 4 is 21.8 Å². The molecule has 0 spiro atoms. The maximum atomic E-state index is 12.4. The molecular weight excluding hydrogens is 282 g/mol. The van der Waals surface area contributed by atoms with Crippen LogP contribution >= 0.6 is 15.9 Å². The van der Waals surface area contributed by atoms with Crippen molar-refractivity contribution in [1.29, 1.82) is 0 Å². The molecule has 1 aliphatic rings. The van der Waals surface area contributed by atoms with E-state index in [0.717, 1.165) is 29.6 Å². The van der Waals surface area contributed by atoms with Crippen LogP contribution in [-0.4, -0.2) is 38.5 Å². The van der Waals surface area contributed by atoms with E-state index in [1.165, 1.54) is 0 Å². The van der Waals surface area contributed by atoms with Crippen LogP contribution < -0.4 is 0 Å². The van der Waals surface area contributed by atoms with Gasteiger partial charge in [0.15, 0.2) is 0 Å². The molecule has 5 heteroatoms. The highest BCUT2D eigenvalue weighted by atomic mass is 79.9. The minimum Gasteiger partial charge on any atom is -0.334 e. The molecule has 0 aromatic carbocycles. The smallest absolute Gasteiger partial charge is 0.257 e. The second-order valence-electron chi connectivity index (χ2n) is 4.79. The summed E-state index contributed by atoms with van der Waals surface area (Å²) in [5.41, 5.74) is 1.54. The molecule has 2 atom stereocenters. The van der Waals surface area contributed by atoms with E-state index >= 15 is 0 Å². The summed E-state index contributed by atoms with van der Waals surface area (Å²) in [6.07, 6.45) is 2.90. The predicted octanol–water partition coefficient (Wildman–Crippen LogP) is 1.97. The first-order valence-electron chi connectivity index (χ1n) is 5.91. The topological polar surface area (TPSA) is 38.1 Å². The van der Waals surface area contributed by atoms with E-state index in [4.69, 9.17) is 0 Å². The van der Waals surface area contributed by atoms with Crippen molar-refractivity contribution in [1.82, 2.24) is 14.7 Å². The number of likely N-dealkylation sites (tertiary alicyclic amines) is 1.